The summed E-state index contributed by atoms with van der Waals surface area (Å²) in [5.74, 6) is 0.857. The van der Waals surface area contributed by atoms with E-state index in [0.717, 1.165) is 54.9 Å². The van der Waals surface area contributed by atoms with Crippen LogP contribution in [0, 0.1) is 20.8 Å². The molecule has 0 saturated carbocycles. The molecular weight excluding hydrogens is 366 g/mol. The minimum Gasteiger partial charge on any atom is -0.339 e. The Kier molecular flexibility index (Phi) is 4.87. The summed E-state index contributed by atoms with van der Waals surface area (Å²) in [5.41, 5.74) is 4.77. The number of likely N-dealkylation sites (tertiary alicyclic amines) is 1. The van der Waals surface area contributed by atoms with Gasteiger partial charge in [-0.15, -0.1) is 0 Å². The Morgan fingerprint density at radius 2 is 2.07 bits per heavy atom. The number of H-pyrrole nitrogens is 1. The molecule has 1 amide bonds. The molecular formula is C22H31N5O2. The van der Waals surface area contributed by atoms with Crippen LogP contribution in [0.3, 0.4) is 0 Å². The van der Waals surface area contributed by atoms with Gasteiger partial charge in [-0.2, -0.15) is 5.10 Å². The number of aryl methyl sites for hydroxylation is 3. The molecule has 2 aromatic rings. The Morgan fingerprint density at radius 1 is 1.31 bits per heavy atom. The second-order valence-corrected chi connectivity index (χ2v) is 8.91. The van der Waals surface area contributed by atoms with E-state index in [-0.39, 0.29) is 22.9 Å². The van der Waals surface area contributed by atoms with Gasteiger partial charge in [0.25, 0.3) is 5.56 Å². The number of piperidine rings is 1. The van der Waals surface area contributed by atoms with Gasteiger partial charge in [-0.05, 0) is 58.4 Å². The molecule has 4 rings (SSSR count). The van der Waals surface area contributed by atoms with E-state index < -0.39 is 0 Å². The Hall–Kier alpha value is -2.44. The maximum Gasteiger partial charge on any atom is 0.254 e. The summed E-state index contributed by atoms with van der Waals surface area (Å²) in [4.78, 5) is 35.4. The number of nitrogens with zero attached hydrogens (tertiary/aromatic N) is 4. The topological polar surface area (TPSA) is 83.9 Å². The zero-order valence-corrected chi connectivity index (χ0v) is 18.1. The lowest BCUT2D eigenvalue weighted by atomic mass is 9.65. The Bertz CT molecular complexity index is 1020. The van der Waals surface area contributed by atoms with Crippen LogP contribution in [0.2, 0.25) is 0 Å². The highest BCUT2D eigenvalue weighted by atomic mass is 16.2. The third-order valence-electron chi connectivity index (χ3n) is 7.12. The zero-order chi connectivity index (χ0) is 20.9. The van der Waals surface area contributed by atoms with Gasteiger partial charge in [0.2, 0.25) is 5.91 Å². The van der Waals surface area contributed by atoms with Crippen molar-refractivity contribution in [1.82, 2.24) is 24.6 Å². The fourth-order valence-electron chi connectivity index (χ4n) is 5.48. The predicted octanol–water partition coefficient (Wildman–Crippen LogP) is 2.26. The fourth-order valence-corrected chi connectivity index (χ4v) is 5.48. The largest absolute Gasteiger partial charge is 0.339 e. The lowest BCUT2D eigenvalue weighted by Crippen LogP contribution is -2.58. The van der Waals surface area contributed by atoms with Gasteiger partial charge >= 0.3 is 0 Å². The first-order valence-electron chi connectivity index (χ1n) is 10.6. The first kappa shape index (κ1) is 19.9. The van der Waals surface area contributed by atoms with Crippen molar-refractivity contribution in [3.63, 3.8) is 0 Å². The molecule has 0 aromatic carbocycles. The average Bonchev–Trinajstić information content (AvgIpc) is 2.90. The number of fused-ring (bicyclic) bond motifs is 3. The molecule has 0 spiro atoms. The summed E-state index contributed by atoms with van der Waals surface area (Å²) in [6.45, 7) is 8.88. The van der Waals surface area contributed by atoms with Gasteiger partial charge < -0.3 is 9.88 Å². The van der Waals surface area contributed by atoms with E-state index in [1.54, 1.807) is 0 Å². The molecule has 29 heavy (non-hydrogen) atoms. The molecule has 1 aliphatic carbocycles. The minimum absolute atomic E-state index is 0.0156. The van der Waals surface area contributed by atoms with E-state index in [1.165, 1.54) is 5.56 Å². The molecule has 1 fully saturated rings. The predicted molar refractivity (Wildman–Crippen MR) is 111 cm³/mol. The van der Waals surface area contributed by atoms with E-state index in [9.17, 15) is 9.59 Å². The monoisotopic (exact) mass is 397 g/mol. The quantitative estimate of drug-likeness (QED) is 0.861. The van der Waals surface area contributed by atoms with Gasteiger partial charge in [0, 0.05) is 42.7 Å². The van der Waals surface area contributed by atoms with Crippen molar-refractivity contribution in [3.05, 3.63) is 44.4 Å². The smallest absolute Gasteiger partial charge is 0.254 e. The molecule has 0 radical (unpaired) electrons. The number of hydrogen-bond acceptors (Lipinski definition) is 4. The van der Waals surface area contributed by atoms with Gasteiger partial charge in [-0.25, -0.2) is 4.98 Å². The van der Waals surface area contributed by atoms with Gasteiger partial charge in [0.1, 0.15) is 5.82 Å². The van der Waals surface area contributed by atoms with Gasteiger partial charge in [0.15, 0.2) is 0 Å². The summed E-state index contributed by atoms with van der Waals surface area (Å²) in [6, 6.07) is 0.112. The highest BCUT2D eigenvalue weighted by Gasteiger charge is 2.48. The molecule has 7 heteroatoms. The van der Waals surface area contributed by atoms with Crippen LogP contribution in [-0.2, 0) is 30.1 Å². The fraction of sp³-hybridized carbons (Fsp3) is 0.636. The second kappa shape index (κ2) is 7.11. The van der Waals surface area contributed by atoms with Crippen LogP contribution in [-0.4, -0.2) is 43.1 Å². The van der Waals surface area contributed by atoms with E-state index in [1.807, 2.05) is 25.6 Å². The normalized spacial score (nSPS) is 23.6. The summed E-state index contributed by atoms with van der Waals surface area (Å²) in [7, 11) is 1.94. The average molecular weight is 398 g/mol. The van der Waals surface area contributed by atoms with Crippen LogP contribution in [0.25, 0.3) is 0 Å². The number of carbonyl (C=O) groups is 1. The number of carbonyl (C=O) groups excluding carboxylic acids is 1. The summed E-state index contributed by atoms with van der Waals surface area (Å²) in [6.07, 6.45) is 4.63. The van der Waals surface area contributed by atoms with Crippen molar-refractivity contribution >= 4 is 5.91 Å². The molecule has 1 N–H and O–H groups in total. The molecule has 2 atom stereocenters. The third-order valence-corrected chi connectivity index (χ3v) is 7.12. The molecule has 1 unspecified atom stereocenters. The van der Waals surface area contributed by atoms with Crippen molar-refractivity contribution in [2.24, 2.45) is 7.05 Å². The summed E-state index contributed by atoms with van der Waals surface area (Å²) >= 11 is 0. The maximum absolute atomic E-state index is 13.3. The third kappa shape index (κ3) is 3.20. The number of hydrogen-bond donors (Lipinski definition) is 1. The van der Waals surface area contributed by atoms with Gasteiger partial charge in [-0.1, -0.05) is 6.92 Å². The number of nitrogens with one attached hydrogen (secondary N) is 1. The first-order chi connectivity index (χ1) is 13.7. The van der Waals surface area contributed by atoms with Crippen molar-refractivity contribution in [2.75, 3.05) is 6.54 Å². The zero-order valence-electron chi connectivity index (χ0n) is 18.1. The number of aromatic amines is 1. The Labute approximate surface area is 171 Å². The molecule has 0 bridgehead atoms. The highest BCUT2D eigenvalue weighted by Crippen LogP contribution is 2.44. The first-order valence-corrected chi connectivity index (χ1v) is 10.6. The van der Waals surface area contributed by atoms with Crippen LogP contribution < -0.4 is 5.56 Å². The van der Waals surface area contributed by atoms with Crippen LogP contribution in [0.5, 0.6) is 0 Å². The lowest BCUT2D eigenvalue weighted by molar-refractivity contribution is -0.137. The molecule has 2 aliphatic rings. The lowest BCUT2D eigenvalue weighted by Gasteiger charge is -2.51. The minimum atomic E-state index is -0.249. The van der Waals surface area contributed by atoms with E-state index in [4.69, 9.17) is 4.98 Å². The van der Waals surface area contributed by atoms with Crippen molar-refractivity contribution < 1.29 is 4.79 Å². The highest BCUT2D eigenvalue weighted by molar-refractivity contribution is 5.77. The van der Waals surface area contributed by atoms with Gasteiger partial charge in [-0.3, -0.25) is 14.3 Å². The number of rotatable bonds is 3. The Morgan fingerprint density at radius 3 is 2.76 bits per heavy atom. The number of aromatic nitrogens is 4. The van der Waals surface area contributed by atoms with Gasteiger partial charge in [0.05, 0.1) is 11.4 Å². The molecule has 2 aromatic heterocycles. The van der Waals surface area contributed by atoms with Crippen LogP contribution in [0.1, 0.15) is 66.6 Å². The van der Waals surface area contributed by atoms with Crippen LogP contribution >= 0.6 is 0 Å². The molecule has 3 heterocycles. The standard InChI is InChI=1S/C22H31N5O2/c1-13-16(14(2)26(5)25-13)8-10-19(28)27-12-6-11-22(4)18(27)9-7-17-20(22)23-15(3)24-21(17)29/h18H,6-12H2,1-5H3,(H,23,24,29)/t18?,22-/m1/s1. The summed E-state index contributed by atoms with van der Waals surface area (Å²) < 4.78 is 1.89. The second-order valence-electron chi connectivity index (χ2n) is 8.91. The number of amides is 1. The Balaban J connectivity index is 1.58. The molecule has 1 aliphatic heterocycles. The van der Waals surface area contributed by atoms with E-state index in [2.05, 4.69) is 28.8 Å². The van der Waals surface area contributed by atoms with Crippen molar-refractivity contribution in [3.8, 4) is 0 Å². The van der Waals surface area contributed by atoms with E-state index in [0.29, 0.717) is 18.7 Å². The molecule has 7 nitrogen and oxygen atoms in total. The van der Waals surface area contributed by atoms with Crippen molar-refractivity contribution in [1.29, 1.82) is 0 Å². The maximum atomic E-state index is 13.3. The summed E-state index contributed by atoms with van der Waals surface area (Å²) in [5, 5.41) is 4.47. The van der Waals surface area contributed by atoms with E-state index >= 15 is 0 Å². The molecule has 156 valence electrons. The molecule has 1 saturated heterocycles. The van der Waals surface area contributed by atoms with Crippen LogP contribution in [0.15, 0.2) is 4.79 Å². The SMILES string of the molecule is Cc1nc2c(c(=O)[nH]1)CCC1N(C(=O)CCc3c(C)nn(C)c3C)CCC[C@@]21C. The van der Waals surface area contributed by atoms with Crippen LogP contribution in [0.4, 0.5) is 0 Å². The van der Waals surface area contributed by atoms with Crippen molar-refractivity contribution in [2.45, 2.75) is 77.7 Å².